The third kappa shape index (κ3) is 4.84. The summed E-state index contributed by atoms with van der Waals surface area (Å²) in [6.07, 6.45) is 1.26. The first-order valence-corrected chi connectivity index (χ1v) is 7.32. The second kappa shape index (κ2) is 7.51. The fourth-order valence-electron chi connectivity index (χ4n) is 2.57. The highest BCUT2D eigenvalue weighted by molar-refractivity contribution is 5.44. The Balaban J connectivity index is 1.70. The molecule has 0 N–H and O–H groups in total. The van der Waals surface area contributed by atoms with Crippen molar-refractivity contribution in [2.24, 2.45) is 5.92 Å². The summed E-state index contributed by atoms with van der Waals surface area (Å²) in [5.74, 6) is 0.716. The molecule has 0 bridgehead atoms. The van der Waals surface area contributed by atoms with Crippen molar-refractivity contribution >= 4 is 5.69 Å². The molecule has 0 aliphatic carbocycles. The summed E-state index contributed by atoms with van der Waals surface area (Å²) >= 11 is 0. The Morgan fingerprint density at radius 3 is 2.58 bits per heavy atom. The molecule has 1 unspecified atom stereocenters. The highest BCUT2D eigenvalue weighted by Crippen LogP contribution is 2.14. The second-order valence-electron chi connectivity index (χ2n) is 5.56. The Bertz CT molecular complexity index is 349. The zero-order valence-electron chi connectivity index (χ0n) is 12.2. The van der Waals surface area contributed by atoms with Gasteiger partial charge in [0.05, 0.1) is 13.2 Å². The smallest absolute Gasteiger partial charge is 0.0594 e. The first-order chi connectivity index (χ1) is 9.25. The van der Waals surface area contributed by atoms with Crippen molar-refractivity contribution < 1.29 is 4.74 Å². The average Bonchev–Trinajstić information content (AvgIpc) is 2.47. The molecule has 0 aromatic heterocycles. The van der Waals surface area contributed by atoms with Gasteiger partial charge in [-0.3, -0.25) is 4.90 Å². The molecule has 0 radical (unpaired) electrons. The zero-order chi connectivity index (χ0) is 13.5. The Labute approximate surface area is 117 Å². The molecule has 1 aliphatic rings. The highest BCUT2D eigenvalue weighted by Gasteiger charge is 2.12. The van der Waals surface area contributed by atoms with Gasteiger partial charge in [-0.15, -0.1) is 0 Å². The first-order valence-electron chi connectivity index (χ1n) is 7.32. The predicted molar refractivity (Wildman–Crippen MR) is 80.8 cm³/mol. The number of hydrogen-bond donors (Lipinski definition) is 0. The monoisotopic (exact) mass is 262 g/mol. The molecule has 1 aromatic rings. The van der Waals surface area contributed by atoms with Crippen molar-refractivity contribution in [1.82, 2.24) is 4.90 Å². The van der Waals surface area contributed by atoms with Gasteiger partial charge < -0.3 is 9.64 Å². The van der Waals surface area contributed by atoms with E-state index in [-0.39, 0.29) is 0 Å². The van der Waals surface area contributed by atoms with Crippen molar-refractivity contribution in [3.05, 3.63) is 30.3 Å². The van der Waals surface area contributed by atoms with Crippen LogP contribution >= 0.6 is 0 Å². The maximum absolute atomic E-state index is 5.38. The quantitative estimate of drug-likeness (QED) is 0.783. The summed E-state index contributed by atoms with van der Waals surface area (Å²) in [6, 6.07) is 10.6. The van der Waals surface area contributed by atoms with E-state index in [2.05, 4.69) is 54.1 Å². The molecule has 1 fully saturated rings. The predicted octanol–water partition coefficient (Wildman–Crippen LogP) is 2.48. The number of morpholine rings is 1. The summed E-state index contributed by atoms with van der Waals surface area (Å²) in [5.41, 5.74) is 1.31. The summed E-state index contributed by atoms with van der Waals surface area (Å²) in [4.78, 5) is 4.87. The molecule has 1 atom stereocenters. The molecular formula is C16H26N2O. The van der Waals surface area contributed by atoms with Crippen LogP contribution in [0.15, 0.2) is 30.3 Å². The van der Waals surface area contributed by atoms with Gasteiger partial charge in [-0.25, -0.2) is 0 Å². The molecule has 0 saturated carbocycles. The number of para-hydroxylation sites is 1. The molecule has 1 aromatic carbocycles. The van der Waals surface area contributed by atoms with Gasteiger partial charge in [-0.2, -0.15) is 0 Å². The van der Waals surface area contributed by atoms with Crippen LogP contribution in [-0.2, 0) is 4.74 Å². The molecule has 1 heterocycles. The fourth-order valence-corrected chi connectivity index (χ4v) is 2.57. The molecule has 0 spiro atoms. The third-order valence-electron chi connectivity index (χ3n) is 3.82. The van der Waals surface area contributed by atoms with Gasteiger partial charge in [-0.05, 0) is 31.0 Å². The maximum atomic E-state index is 5.38. The van der Waals surface area contributed by atoms with Crippen LogP contribution in [0.25, 0.3) is 0 Å². The lowest BCUT2D eigenvalue weighted by Crippen LogP contribution is -2.38. The molecule has 1 aliphatic heterocycles. The van der Waals surface area contributed by atoms with E-state index in [1.54, 1.807) is 0 Å². The lowest BCUT2D eigenvalue weighted by molar-refractivity contribution is 0.0358. The van der Waals surface area contributed by atoms with Crippen molar-refractivity contribution in [3.8, 4) is 0 Å². The Morgan fingerprint density at radius 2 is 1.89 bits per heavy atom. The maximum Gasteiger partial charge on any atom is 0.0594 e. The van der Waals surface area contributed by atoms with Crippen LogP contribution in [-0.4, -0.2) is 51.3 Å². The summed E-state index contributed by atoms with van der Waals surface area (Å²) in [7, 11) is 2.18. The van der Waals surface area contributed by atoms with Gasteiger partial charge in [0.2, 0.25) is 0 Å². The highest BCUT2D eigenvalue weighted by atomic mass is 16.5. The summed E-state index contributed by atoms with van der Waals surface area (Å²) < 4.78 is 5.38. The Kier molecular flexibility index (Phi) is 5.67. The van der Waals surface area contributed by atoms with Gasteiger partial charge in [0, 0.05) is 32.4 Å². The summed E-state index contributed by atoms with van der Waals surface area (Å²) in [5, 5.41) is 0. The van der Waals surface area contributed by atoms with Gasteiger partial charge in [0.25, 0.3) is 0 Å². The standard InChI is InChI=1S/C16H26N2O/c1-15(8-9-18-10-12-19-13-11-18)14-17(2)16-6-4-3-5-7-16/h3-7,15H,8-14H2,1-2H3. The lowest BCUT2D eigenvalue weighted by Gasteiger charge is -2.29. The lowest BCUT2D eigenvalue weighted by atomic mass is 10.1. The van der Waals surface area contributed by atoms with Crippen LogP contribution in [0.4, 0.5) is 5.69 Å². The van der Waals surface area contributed by atoms with Crippen molar-refractivity contribution in [1.29, 1.82) is 0 Å². The van der Waals surface area contributed by atoms with E-state index < -0.39 is 0 Å². The van der Waals surface area contributed by atoms with E-state index in [9.17, 15) is 0 Å². The summed E-state index contributed by atoms with van der Waals surface area (Å²) in [6.45, 7) is 8.67. The van der Waals surface area contributed by atoms with Gasteiger partial charge in [0.1, 0.15) is 0 Å². The number of benzene rings is 1. The minimum Gasteiger partial charge on any atom is -0.379 e. The van der Waals surface area contributed by atoms with E-state index in [4.69, 9.17) is 4.74 Å². The molecular weight excluding hydrogens is 236 g/mol. The van der Waals surface area contributed by atoms with Crippen LogP contribution < -0.4 is 4.90 Å². The van der Waals surface area contributed by atoms with Crippen molar-refractivity contribution in [2.45, 2.75) is 13.3 Å². The number of rotatable bonds is 6. The van der Waals surface area contributed by atoms with Gasteiger partial charge in [0.15, 0.2) is 0 Å². The van der Waals surface area contributed by atoms with Gasteiger partial charge in [-0.1, -0.05) is 25.1 Å². The van der Waals surface area contributed by atoms with Gasteiger partial charge >= 0.3 is 0 Å². The average molecular weight is 262 g/mol. The van der Waals surface area contributed by atoms with Crippen LogP contribution in [0.5, 0.6) is 0 Å². The molecule has 0 amide bonds. The number of hydrogen-bond acceptors (Lipinski definition) is 3. The normalized spacial score (nSPS) is 18.2. The molecule has 106 valence electrons. The number of ether oxygens (including phenoxy) is 1. The van der Waals surface area contributed by atoms with Crippen molar-refractivity contribution in [3.63, 3.8) is 0 Å². The molecule has 3 heteroatoms. The molecule has 2 rings (SSSR count). The van der Waals surface area contributed by atoms with Crippen molar-refractivity contribution in [2.75, 3.05) is 51.3 Å². The van der Waals surface area contributed by atoms with E-state index in [1.165, 1.54) is 18.7 Å². The molecule has 3 nitrogen and oxygen atoms in total. The topological polar surface area (TPSA) is 15.7 Å². The SMILES string of the molecule is CC(CCN1CCOCC1)CN(C)c1ccccc1. The fraction of sp³-hybridized carbons (Fsp3) is 0.625. The van der Waals surface area contributed by atoms with Crippen LogP contribution in [0.1, 0.15) is 13.3 Å². The first kappa shape index (κ1) is 14.4. The molecule has 1 saturated heterocycles. The largest absolute Gasteiger partial charge is 0.379 e. The molecule has 19 heavy (non-hydrogen) atoms. The van der Waals surface area contributed by atoms with E-state index in [0.29, 0.717) is 5.92 Å². The Morgan fingerprint density at radius 1 is 1.21 bits per heavy atom. The second-order valence-corrected chi connectivity index (χ2v) is 5.56. The third-order valence-corrected chi connectivity index (χ3v) is 3.82. The van der Waals surface area contributed by atoms with E-state index in [1.807, 2.05) is 0 Å². The number of nitrogens with zero attached hydrogens (tertiary/aromatic N) is 2. The minimum atomic E-state index is 0.716. The van der Waals surface area contributed by atoms with Crippen LogP contribution in [0.3, 0.4) is 0 Å². The zero-order valence-corrected chi connectivity index (χ0v) is 12.2. The van der Waals surface area contributed by atoms with E-state index >= 15 is 0 Å². The number of anilines is 1. The van der Waals surface area contributed by atoms with Crippen LogP contribution in [0.2, 0.25) is 0 Å². The van der Waals surface area contributed by atoms with E-state index in [0.717, 1.165) is 32.8 Å². The van der Waals surface area contributed by atoms with Crippen LogP contribution in [0, 0.1) is 5.92 Å². The Hall–Kier alpha value is -1.06. The minimum absolute atomic E-state index is 0.716.